The third-order valence-electron chi connectivity index (χ3n) is 6.11. The van der Waals surface area contributed by atoms with Crippen LogP contribution in [0.25, 0.3) is 10.2 Å². The van der Waals surface area contributed by atoms with Crippen molar-refractivity contribution in [2.45, 2.75) is 70.3 Å². The van der Waals surface area contributed by atoms with Crippen LogP contribution in [0, 0.1) is 0 Å². The van der Waals surface area contributed by atoms with Gasteiger partial charge in [-0.25, -0.2) is 14.8 Å². The summed E-state index contributed by atoms with van der Waals surface area (Å²) in [6, 6.07) is 10.6. The number of aromatic nitrogens is 2. The van der Waals surface area contributed by atoms with E-state index in [9.17, 15) is 0 Å². The van der Waals surface area contributed by atoms with Crippen molar-refractivity contribution < 1.29 is 15.0 Å². The van der Waals surface area contributed by atoms with Gasteiger partial charge in [0.15, 0.2) is 0 Å². The maximum Gasteiger partial charge on any atom is 0.503 e. The minimum absolute atomic E-state index is 0.541. The van der Waals surface area contributed by atoms with Gasteiger partial charge in [-0.2, -0.15) is 0 Å². The second kappa shape index (κ2) is 10.1. The zero-order valence-electron chi connectivity index (χ0n) is 17.6. The summed E-state index contributed by atoms with van der Waals surface area (Å²) in [5.74, 6) is 2.69. The van der Waals surface area contributed by atoms with Gasteiger partial charge in [0.25, 0.3) is 0 Å². The molecule has 31 heavy (non-hydrogen) atoms. The molecule has 0 bridgehead atoms. The van der Waals surface area contributed by atoms with Gasteiger partial charge in [-0.1, -0.05) is 49.6 Å². The average Bonchev–Trinajstić information content (AvgIpc) is 3.17. The van der Waals surface area contributed by atoms with E-state index in [1.165, 1.54) is 79.1 Å². The Bertz CT molecular complexity index is 1030. The van der Waals surface area contributed by atoms with Gasteiger partial charge in [0, 0.05) is 17.3 Å². The van der Waals surface area contributed by atoms with E-state index >= 15 is 0 Å². The maximum absolute atomic E-state index is 8.56. The molecule has 0 unspecified atom stereocenters. The van der Waals surface area contributed by atoms with Crippen molar-refractivity contribution in [3.63, 3.8) is 0 Å². The lowest BCUT2D eigenvalue weighted by molar-refractivity contribution is 0.137. The molecule has 0 atom stereocenters. The van der Waals surface area contributed by atoms with E-state index in [1.54, 1.807) is 4.88 Å². The lowest BCUT2D eigenvalue weighted by Gasteiger charge is -2.21. The van der Waals surface area contributed by atoms with E-state index in [-0.39, 0.29) is 0 Å². The first kappa shape index (κ1) is 21.6. The molecule has 0 aliphatic heterocycles. The van der Waals surface area contributed by atoms with Gasteiger partial charge in [-0.05, 0) is 49.7 Å². The summed E-state index contributed by atoms with van der Waals surface area (Å²) >= 11 is 1.92. The molecular weight excluding hydrogens is 410 g/mol. The Morgan fingerprint density at radius 1 is 1.00 bits per heavy atom. The average molecular weight is 440 g/mol. The van der Waals surface area contributed by atoms with E-state index in [4.69, 9.17) is 25.0 Å². The Labute approximate surface area is 186 Å². The number of hydrogen-bond acceptors (Lipinski definition) is 5. The molecule has 0 amide bonds. The van der Waals surface area contributed by atoms with Crippen molar-refractivity contribution in [2.75, 3.05) is 5.32 Å². The molecule has 2 aliphatic rings. The summed E-state index contributed by atoms with van der Waals surface area (Å²) in [5.41, 5.74) is 2.82. The van der Waals surface area contributed by atoms with E-state index < -0.39 is 6.16 Å². The predicted molar refractivity (Wildman–Crippen MR) is 124 cm³/mol. The number of hydrogen-bond donors (Lipinski definition) is 3. The van der Waals surface area contributed by atoms with Gasteiger partial charge in [0.2, 0.25) is 0 Å². The molecule has 3 aromatic rings. The van der Waals surface area contributed by atoms with Crippen molar-refractivity contribution >= 4 is 33.5 Å². The molecule has 2 heterocycles. The molecule has 1 saturated carbocycles. The summed E-state index contributed by atoms with van der Waals surface area (Å²) in [6.45, 7) is 0.821. The summed E-state index contributed by atoms with van der Waals surface area (Å²) in [5, 5.41) is 18.9. The molecule has 7 heteroatoms. The van der Waals surface area contributed by atoms with Crippen LogP contribution in [0.1, 0.15) is 72.7 Å². The van der Waals surface area contributed by atoms with Crippen molar-refractivity contribution in [1.29, 1.82) is 0 Å². The molecule has 6 nitrogen and oxygen atoms in total. The third-order valence-corrected chi connectivity index (χ3v) is 7.29. The van der Waals surface area contributed by atoms with Crippen LogP contribution in [-0.4, -0.2) is 26.3 Å². The van der Waals surface area contributed by atoms with E-state index in [0.29, 0.717) is 5.92 Å². The first-order chi connectivity index (χ1) is 15.1. The molecular formula is C24H29N3O3S. The van der Waals surface area contributed by atoms with Gasteiger partial charge in [-0.15, -0.1) is 11.3 Å². The molecule has 3 N–H and O–H groups in total. The fourth-order valence-electron chi connectivity index (χ4n) is 4.63. The molecule has 0 saturated heterocycles. The van der Waals surface area contributed by atoms with Crippen LogP contribution in [0.4, 0.5) is 10.6 Å². The summed E-state index contributed by atoms with van der Waals surface area (Å²) in [4.78, 5) is 21.5. The van der Waals surface area contributed by atoms with Crippen LogP contribution in [-0.2, 0) is 19.4 Å². The Kier molecular flexibility index (Phi) is 7.02. The molecule has 2 aromatic heterocycles. The number of nitrogens with one attached hydrogen (secondary N) is 1. The normalized spacial score (nSPS) is 16.3. The van der Waals surface area contributed by atoms with Crippen LogP contribution in [0.2, 0.25) is 0 Å². The number of nitrogens with zero attached hydrogens (tertiary/aromatic N) is 2. The van der Waals surface area contributed by atoms with Gasteiger partial charge >= 0.3 is 6.16 Å². The van der Waals surface area contributed by atoms with Crippen LogP contribution < -0.4 is 5.32 Å². The fraction of sp³-hybridized carbons (Fsp3) is 0.458. The molecule has 5 rings (SSSR count). The van der Waals surface area contributed by atoms with Gasteiger partial charge in [0.1, 0.15) is 16.5 Å². The highest BCUT2D eigenvalue weighted by Gasteiger charge is 2.24. The SMILES string of the molecule is O=C(O)O.c1ccc(CNc2nc(C3CCCCC3)nc3sc4c(c23)CCCC4)cc1. The van der Waals surface area contributed by atoms with Crippen molar-refractivity contribution in [1.82, 2.24) is 9.97 Å². The number of carbonyl (C=O) groups is 1. The topological polar surface area (TPSA) is 95.3 Å². The second-order valence-corrected chi connectivity index (χ2v) is 9.36. The summed E-state index contributed by atoms with van der Waals surface area (Å²) < 4.78 is 0. The van der Waals surface area contributed by atoms with Crippen LogP contribution in [0.5, 0.6) is 0 Å². The van der Waals surface area contributed by atoms with Crippen LogP contribution in [0.15, 0.2) is 30.3 Å². The Morgan fingerprint density at radius 2 is 1.71 bits per heavy atom. The zero-order chi connectivity index (χ0) is 21.6. The highest BCUT2D eigenvalue weighted by Crippen LogP contribution is 2.40. The molecule has 1 aromatic carbocycles. The molecule has 1 fully saturated rings. The number of anilines is 1. The number of carboxylic acid groups (broad SMARTS) is 2. The monoisotopic (exact) mass is 439 g/mol. The molecule has 0 radical (unpaired) electrons. The first-order valence-corrected chi connectivity index (χ1v) is 12.0. The van der Waals surface area contributed by atoms with Crippen molar-refractivity contribution in [2.24, 2.45) is 0 Å². The largest absolute Gasteiger partial charge is 0.503 e. The summed E-state index contributed by atoms with van der Waals surface area (Å²) in [7, 11) is 0. The molecule has 0 spiro atoms. The minimum atomic E-state index is -1.83. The number of aryl methyl sites for hydroxylation is 2. The minimum Gasteiger partial charge on any atom is -0.450 e. The lowest BCUT2D eigenvalue weighted by atomic mass is 9.88. The third kappa shape index (κ3) is 5.34. The number of rotatable bonds is 4. The Hall–Kier alpha value is -2.67. The van der Waals surface area contributed by atoms with Crippen LogP contribution in [0.3, 0.4) is 0 Å². The highest BCUT2D eigenvalue weighted by atomic mass is 32.1. The standard InChI is InChI=1S/C23H27N3S.CH2O3/c1-3-9-16(10-4-1)15-24-22-20-18-13-7-8-14-19(18)27-23(20)26-21(25-22)17-11-5-2-6-12-17;2-1(3)4/h1,3-4,9-10,17H,2,5-8,11-15H2,(H,24,25,26);(H2,2,3,4). The highest BCUT2D eigenvalue weighted by molar-refractivity contribution is 7.19. The maximum atomic E-state index is 8.56. The Balaban J connectivity index is 0.000000535. The quantitative estimate of drug-likeness (QED) is 0.432. The lowest BCUT2D eigenvalue weighted by Crippen LogP contribution is -2.11. The van der Waals surface area contributed by atoms with Crippen molar-refractivity contribution in [3.05, 3.63) is 52.2 Å². The predicted octanol–water partition coefficient (Wildman–Crippen LogP) is 6.45. The van der Waals surface area contributed by atoms with Gasteiger partial charge in [-0.3, -0.25) is 0 Å². The van der Waals surface area contributed by atoms with Crippen molar-refractivity contribution in [3.8, 4) is 0 Å². The number of fused-ring (bicyclic) bond motifs is 3. The zero-order valence-corrected chi connectivity index (χ0v) is 18.5. The van der Waals surface area contributed by atoms with Gasteiger partial charge < -0.3 is 15.5 Å². The van der Waals surface area contributed by atoms with E-state index in [2.05, 4.69) is 35.6 Å². The van der Waals surface area contributed by atoms with Crippen LogP contribution >= 0.6 is 11.3 Å². The first-order valence-electron chi connectivity index (χ1n) is 11.1. The van der Waals surface area contributed by atoms with E-state index in [1.807, 2.05) is 11.3 Å². The number of thiophene rings is 1. The molecule has 2 aliphatic carbocycles. The smallest absolute Gasteiger partial charge is 0.450 e. The van der Waals surface area contributed by atoms with Gasteiger partial charge in [0.05, 0.1) is 5.39 Å². The molecule has 164 valence electrons. The fourth-order valence-corrected chi connectivity index (χ4v) is 5.90. The Morgan fingerprint density at radius 3 is 2.45 bits per heavy atom. The number of benzene rings is 1. The summed E-state index contributed by atoms with van der Waals surface area (Å²) in [6.07, 6.45) is 9.67. The van der Waals surface area contributed by atoms with E-state index in [0.717, 1.165) is 18.2 Å². The second-order valence-electron chi connectivity index (χ2n) is 8.28.